The first-order valence-electron chi connectivity index (χ1n) is 7.37. The Morgan fingerprint density at radius 3 is 2.67 bits per heavy atom. The van der Waals surface area contributed by atoms with E-state index < -0.39 is 11.9 Å². The third-order valence-corrected chi connectivity index (χ3v) is 4.63. The average Bonchev–Trinajstić information content (AvgIpc) is 2.90. The summed E-state index contributed by atoms with van der Waals surface area (Å²) in [4.78, 5) is 23.6. The van der Waals surface area contributed by atoms with Crippen LogP contribution in [0.2, 0.25) is 0 Å². The molecule has 5 heteroatoms. The summed E-state index contributed by atoms with van der Waals surface area (Å²) in [5.41, 5.74) is 6.43. The second-order valence-corrected chi connectivity index (χ2v) is 6.96. The number of nitrogens with one attached hydrogen (secondary N) is 1. The van der Waals surface area contributed by atoms with E-state index >= 15 is 0 Å². The van der Waals surface area contributed by atoms with E-state index in [4.69, 9.17) is 5.73 Å². The van der Waals surface area contributed by atoms with Gasteiger partial charge in [0, 0.05) is 16.4 Å². The van der Waals surface area contributed by atoms with Gasteiger partial charge in [0.05, 0.1) is 0 Å². The molecule has 2 rings (SSSR count). The summed E-state index contributed by atoms with van der Waals surface area (Å²) in [7, 11) is 0. The zero-order valence-electron chi connectivity index (χ0n) is 12.0. The number of nitrogens with two attached hydrogens (primary N) is 1. The highest BCUT2D eigenvalue weighted by Gasteiger charge is 2.22. The molecule has 0 radical (unpaired) electrons. The van der Waals surface area contributed by atoms with Crippen LogP contribution in [0.3, 0.4) is 0 Å². The average molecular weight is 400 g/mol. The lowest BCUT2D eigenvalue weighted by molar-refractivity contribution is -0.127. The molecule has 0 saturated heterocycles. The Hall–Kier alpha value is -1.11. The highest BCUT2D eigenvalue weighted by molar-refractivity contribution is 14.1. The summed E-state index contributed by atoms with van der Waals surface area (Å²) in [5, 5.41) is 2.80. The van der Waals surface area contributed by atoms with E-state index in [0.29, 0.717) is 18.8 Å². The Balaban J connectivity index is 1.92. The first-order valence-corrected chi connectivity index (χ1v) is 8.45. The lowest BCUT2D eigenvalue weighted by atomic mass is 10.0. The molecule has 1 atom stereocenters. The first kappa shape index (κ1) is 16.3. The van der Waals surface area contributed by atoms with E-state index in [2.05, 4.69) is 27.9 Å². The number of carbonyl (C=O) groups is 2. The molecule has 1 aromatic carbocycles. The summed E-state index contributed by atoms with van der Waals surface area (Å²) in [6.45, 7) is 0. The van der Waals surface area contributed by atoms with Crippen molar-refractivity contribution in [3.63, 3.8) is 0 Å². The fraction of sp³-hybridized carbons (Fsp3) is 0.500. The van der Waals surface area contributed by atoms with Crippen LogP contribution in [0.1, 0.15) is 37.7 Å². The molecule has 1 fully saturated rings. The van der Waals surface area contributed by atoms with Gasteiger partial charge in [-0.1, -0.05) is 25.0 Å². The largest absolute Gasteiger partial charge is 0.368 e. The number of primary amides is 1. The number of halogens is 1. The van der Waals surface area contributed by atoms with Crippen molar-refractivity contribution in [1.29, 1.82) is 0 Å². The molecule has 1 aliphatic rings. The molecule has 1 aromatic rings. The third-order valence-electron chi connectivity index (χ3n) is 3.96. The van der Waals surface area contributed by atoms with Gasteiger partial charge in [-0.25, -0.2) is 0 Å². The van der Waals surface area contributed by atoms with Crippen LogP contribution in [0.15, 0.2) is 24.3 Å². The van der Waals surface area contributed by atoms with Gasteiger partial charge in [-0.3, -0.25) is 9.59 Å². The quantitative estimate of drug-likeness (QED) is 0.720. The molecule has 0 aromatic heterocycles. The van der Waals surface area contributed by atoms with E-state index in [0.717, 1.165) is 22.0 Å². The van der Waals surface area contributed by atoms with E-state index in [-0.39, 0.29) is 5.91 Å². The fourth-order valence-electron chi connectivity index (χ4n) is 2.85. The van der Waals surface area contributed by atoms with Gasteiger partial charge < -0.3 is 11.1 Å². The maximum absolute atomic E-state index is 12.1. The molecular formula is C16H21IN2O2. The molecule has 0 aliphatic heterocycles. The summed E-state index contributed by atoms with van der Waals surface area (Å²) >= 11 is 2.22. The van der Waals surface area contributed by atoms with Crippen molar-refractivity contribution >= 4 is 34.4 Å². The molecule has 21 heavy (non-hydrogen) atoms. The summed E-state index contributed by atoms with van der Waals surface area (Å²) in [5.74, 6) is -0.0684. The van der Waals surface area contributed by atoms with Crippen molar-refractivity contribution < 1.29 is 9.59 Å². The smallest absolute Gasteiger partial charge is 0.240 e. The van der Waals surface area contributed by atoms with Gasteiger partial charge in [0.15, 0.2) is 0 Å². The Morgan fingerprint density at radius 1 is 1.33 bits per heavy atom. The molecule has 1 saturated carbocycles. The van der Waals surface area contributed by atoms with Crippen LogP contribution in [-0.2, 0) is 16.0 Å². The Bertz CT molecular complexity index is 513. The van der Waals surface area contributed by atoms with E-state index in [1.807, 2.05) is 24.3 Å². The minimum Gasteiger partial charge on any atom is -0.368 e. The number of hydrogen-bond donors (Lipinski definition) is 2. The van der Waals surface area contributed by atoms with Crippen molar-refractivity contribution in [2.75, 3.05) is 0 Å². The van der Waals surface area contributed by atoms with Crippen molar-refractivity contribution in [3.8, 4) is 0 Å². The van der Waals surface area contributed by atoms with Gasteiger partial charge in [0.1, 0.15) is 6.04 Å². The van der Waals surface area contributed by atoms with Gasteiger partial charge in [-0.15, -0.1) is 0 Å². The maximum Gasteiger partial charge on any atom is 0.240 e. The Labute approximate surface area is 139 Å². The van der Waals surface area contributed by atoms with Crippen LogP contribution in [0.4, 0.5) is 0 Å². The lowest BCUT2D eigenvalue weighted by Crippen LogP contribution is -2.46. The predicted molar refractivity (Wildman–Crippen MR) is 90.6 cm³/mol. The summed E-state index contributed by atoms with van der Waals surface area (Å²) < 4.78 is 1.10. The topological polar surface area (TPSA) is 72.2 Å². The fourth-order valence-corrected chi connectivity index (χ4v) is 3.46. The van der Waals surface area contributed by atoms with Crippen LogP contribution >= 0.6 is 22.6 Å². The minimum atomic E-state index is -0.628. The van der Waals surface area contributed by atoms with Crippen molar-refractivity contribution in [3.05, 3.63) is 33.4 Å². The molecular weight excluding hydrogens is 379 g/mol. The van der Waals surface area contributed by atoms with Gasteiger partial charge in [0.2, 0.25) is 11.8 Å². The summed E-state index contributed by atoms with van der Waals surface area (Å²) in [6, 6.07) is 7.25. The first-order chi connectivity index (χ1) is 10.0. The number of carbonyl (C=O) groups excluding carboxylic acids is 2. The Kier molecular flexibility index (Phi) is 6.02. The van der Waals surface area contributed by atoms with Crippen molar-refractivity contribution in [2.24, 2.45) is 11.7 Å². The van der Waals surface area contributed by atoms with Crippen LogP contribution < -0.4 is 11.1 Å². The molecule has 3 N–H and O–H groups in total. The highest BCUT2D eigenvalue weighted by Crippen LogP contribution is 2.27. The summed E-state index contributed by atoms with van der Waals surface area (Å²) in [6.07, 6.45) is 5.61. The predicted octanol–water partition coefficient (Wildman–Crippen LogP) is 2.38. The second-order valence-electron chi connectivity index (χ2n) is 5.71. The van der Waals surface area contributed by atoms with Gasteiger partial charge in [-0.2, -0.15) is 0 Å². The molecule has 1 aliphatic carbocycles. The molecule has 114 valence electrons. The maximum atomic E-state index is 12.1. The normalized spacial score (nSPS) is 16.6. The molecule has 0 bridgehead atoms. The van der Waals surface area contributed by atoms with Crippen LogP contribution in [0, 0.1) is 9.49 Å². The lowest BCUT2D eigenvalue weighted by Gasteiger charge is -2.17. The number of rotatable bonds is 6. The molecule has 2 amide bonds. The monoisotopic (exact) mass is 400 g/mol. The van der Waals surface area contributed by atoms with E-state index in [9.17, 15) is 9.59 Å². The number of hydrogen-bond acceptors (Lipinski definition) is 2. The molecule has 0 heterocycles. The van der Waals surface area contributed by atoms with E-state index in [1.165, 1.54) is 12.8 Å². The molecule has 4 nitrogen and oxygen atoms in total. The molecule has 0 spiro atoms. The highest BCUT2D eigenvalue weighted by atomic mass is 127. The van der Waals surface area contributed by atoms with Crippen molar-refractivity contribution in [2.45, 2.75) is 44.6 Å². The van der Waals surface area contributed by atoms with Crippen LogP contribution in [0.25, 0.3) is 0 Å². The van der Waals surface area contributed by atoms with Crippen molar-refractivity contribution in [1.82, 2.24) is 5.32 Å². The van der Waals surface area contributed by atoms with E-state index in [1.54, 1.807) is 0 Å². The van der Waals surface area contributed by atoms with Gasteiger partial charge in [-0.05, 0) is 59.0 Å². The number of amides is 2. The third kappa shape index (κ3) is 5.30. The minimum absolute atomic E-state index is 0.0590. The Morgan fingerprint density at radius 2 is 2.05 bits per heavy atom. The van der Waals surface area contributed by atoms with Crippen LogP contribution in [0.5, 0.6) is 0 Å². The zero-order valence-corrected chi connectivity index (χ0v) is 14.1. The van der Waals surface area contributed by atoms with Gasteiger partial charge in [0.25, 0.3) is 0 Å². The van der Waals surface area contributed by atoms with Gasteiger partial charge >= 0.3 is 0 Å². The zero-order chi connectivity index (χ0) is 15.2. The SMILES string of the molecule is NC(=O)[C@@H](Cc1cccc(I)c1)NC(=O)CC1CCCC1. The second kappa shape index (κ2) is 7.77. The van der Waals surface area contributed by atoms with Crippen LogP contribution in [-0.4, -0.2) is 17.9 Å². The standard InChI is InChI=1S/C16H21IN2O2/c17-13-7-3-6-12(8-13)9-14(16(18)21)19-15(20)10-11-4-1-2-5-11/h3,6-8,11,14H,1-2,4-5,9-10H2,(H2,18,21)(H,19,20)/t14-/m1/s1. The number of benzene rings is 1. The molecule has 0 unspecified atom stereocenters.